The molecule has 220 valence electrons. The lowest BCUT2D eigenvalue weighted by Gasteiger charge is -2.33. The molecule has 0 aliphatic carbocycles. The third-order valence-corrected chi connectivity index (χ3v) is 7.36. The predicted octanol–water partition coefficient (Wildman–Crippen LogP) is 3.71. The number of hydroxylamine groups is 1. The summed E-state index contributed by atoms with van der Waals surface area (Å²) in [6.45, 7) is 12.8. The van der Waals surface area contributed by atoms with Gasteiger partial charge in [-0.3, -0.25) is 19.3 Å². The van der Waals surface area contributed by atoms with Crippen molar-refractivity contribution in [2.45, 2.75) is 65.6 Å². The maximum Gasteiger partial charge on any atom is 0.243 e. The van der Waals surface area contributed by atoms with E-state index in [9.17, 15) is 9.59 Å². The van der Waals surface area contributed by atoms with Crippen molar-refractivity contribution in [2.75, 3.05) is 39.4 Å². The first-order chi connectivity index (χ1) is 19.2. The van der Waals surface area contributed by atoms with Gasteiger partial charge in [0.15, 0.2) is 0 Å². The number of carbonyl (C=O) groups excluding carboxylic acids is 2. The van der Waals surface area contributed by atoms with Gasteiger partial charge in [0.25, 0.3) is 0 Å². The lowest BCUT2D eigenvalue weighted by molar-refractivity contribution is -0.135. The van der Waals surface area contributed by atoms with Crippen molar-refractivity contribution in [3.05, 3.63) is 71.8 Å². The summed E-state index contributed by atoms with van der Waals surface area (Å²) in [4.78, 5) is 35.1. The molecule has 1 fully saturated rings. The molecule has 1 aliphatic rings. The van der Waals surface area contributed by atoms with Crippen LogP contribution in [0.15, 0.2) is 60.7 Å². The highest BCUT2D eigenvalue weighted by Gasteiger charge is 2.35. The Hall–Kier alpha value is -2.78. The monoisotopic (exact) mass is 552 g/mol. The van der Waals surface area contributed by atoms with E-state index in [2.05, 4.69) is 33.1 Å². The third kappa shape index (κ3) is 11.0. The highest BCUT2D eigenvalue weighted by atomic mass is 16.6. The first-order valence-electron chi connectivity index (χ1n) is 14.6. The van der Waals surface area contributed by atoms with Crippen molar-refractivity contribution >= 4 is 11.8 Å². The van der Waals surface area contributed by atoms with Gasteiger partial charge in [-0.15, -0.1) is 0 Å². The minimum absolute atomic E-state index is 0.139. The molecule has 40 heavy (non-hydrogen) atoms. The first kappa shape index (κ1) is 31.7. The van der Waals surface area contributed by atoms with E-state index in [-0.39, 0.29) is 23.8 Å². The fourth-order valence-corrected chi connectivity index (χ4v) is 4.88. The van der Waals surface area contributed by atoms with Crippen LogP contribution < -0.4 is 16.1 Å². The molecule has 3 N–H and O–H groups in total. The van der Waals surface area contributed by atoms with E-state index < -0.39 is 11.5 Å². The highest BCUT2D eigenvalue weighted by Crippen LogP contribution is 2.22. The molecule has 1 saturated heterocycles. The van der Waals surface area contributed by atoms with Gasteiger partial charge in [0.05, 0.1) is 25.7 Å². The largest absolute Gasteiger partial charge is 0.379 e. The third-order valence-electron chi connectivity index (χ3n) is 7.36. The van der Waals surface area contributed by atoms with Gasteiger partial charge in [-0.1, -0.05) is 81.4 Å². The van der Waals surface area contributed by atoms with Crippen LogP contribution >= 0.6 is 0 Å². The summed E-state index contributed by atoms with van der Waals surface area (Å²) in [7, 11) is 0. The molecule has 2 aromatic carbocycles. The highest BCUT2D eigenvalue weighted by molar-refractivity contribution is 5.89. The van der Waals surface area contributed by atoms with Crippen molar-refractivity contribution in [3.63, 3.8) is 0 Å². The smallest absolute Gasteiger partial charge is 0.243 e. The standard InChI is InChI=1S/C32H48N4O4/c1-25(35-40-24-27-14-9-6-10-15-27)28(17-11-16-26-12-7-5-8-13-26)30(37)34-29(32(2,3)4)31(38)33-18-19-36-20-22-39-23-21-36/h5-10,12-15,25,28-29,35H,11,16-24H2,1-4H3,(H,33,38)(H,34,37)/t25-,28+,29+/m0/s1. The zero-order valence-electron chi connectivity index (χ0n) is 24.7. The van der Waals surface area contributed by atoms with Gasteiger partial charge in [-0.25, -0.2) is 0 Å². The molecule has 2 aromatic rings. The Kier molecular flexibility index (Phi) is 13.1. The number of carbonyl (C=O) groups is 2. The molecule has 1 aliphatic heterocycles. The molecular weight excluding hydrogens is 504 g/mol. The minimum atomic E-state index is -0.654. The number of rotatable bonds is 15. The fraction of sp³-hybridized carbons (Fsp3) is 0.562. The summed E-state index contributed by atoms with van der Waals surface area (Å²) in [6.07, 6.45) is 2.39. The van der Waals surface area contributed by atoms with Gasteiger partial charge in [-0.2, -0.15) is 5.48 Å². The van der Waals surface area contributed by atoms with Crippen molar-refractivity contribution < 1.29 is 19.2 Å². The van der Waals surface area contributed by atoms with Crippen LogP contribution in [0.1, 0.15) is 51.7 Å². The van der Waals surface area contributed by atoms with Crippen molar-refractivity contribution in [1.82, 2.24) is 21.0 Å². The van der Waals surface area contributed by atoms with Crippen LogP contribution in [0.5, 0.6) is 0 Å². The van der Waals surface area contributed by atoms with E-state index in [0.717, 1.165) is 51.3 Å². The van der Waals surface area contributed by atoms with Gasteiger partial charge in [0.1, 0.15) is 6.04 Å². The number of benzene rings is 2. The van der Waals surface area contributed by atoms with Gasteiger partial charge >= 0.3 is 0 Å². The average Bonchev–Trinajstić information content (AvgIpc) is 2.95. The SMILES string of the molecule is C[C@H](NOCc1ccccc1)[C@@H](CCCc1ccccc1)C(=O)N[C@H](C(=O)NCCN1CCOCC1)C(C)(C)C. The van der Waals surface area contributed by atoms with Gasteiger partial charge in [-0.05, 0) is 42.7 Å². The van der Waals surface area contributed by atoms with Crippen LogP contribution in [0.25, 0.3) is 0 Å². The second-order valence-corrected chi connectivity index (χ2v) is 11.7. The molecule has 2 amide bonds. The Morgan fingerprint density at radius 2 is 1.57 bits per heavy atom. The predicted molar refractivity (Wildman–Crippen MR) is 158 cm³/mol. The molecule has 3 atom stereocenters. The van der Waals surface area contributed by atoms with Crippen LogP contribution in [0.3, 0.4) is 0 Å². The van der Waals surface area contributed by atoms with Crippen molar-refractivity contribution in [1.29, 1.82) is 0 Å². The summed E-state index contributed by atoms with van der Waals surface area (Å²) in [6, 6.07) is 19.3. The molecular formula is C32H48N4O4. The number of hydrogen-bond acceptors (Lipinski definition) is 6. The van der Waals surface area contributed by atoms with Gasteiger partial charge < -0.3 is 15.4 Å². The number of hydrogen-bond donors (Lipinski definition) is 3. The van der Waals surface area contributed by atoms with Crippen molar-refractivity contribution in [3.8, 4) is 0 Å². The quantitative estimate of drug-likeness (QED) is 0.292. The van der Waals surface area contributed by atoms with Crippen LogP contribution in [0.2, 0.25) is 0 Å². The summed E-state index contributed by atoms with van der Waals surface area (Å²) in [5.74, 6) is -0.664. The molecule has 0 radical (unpaired) electrons. The second kappa shape index (κ2) is 16.5. The van der Waals surface area contributed by atoms with E-state index in [1.54, 1.807) is 0 Å². The average molecular weight is 553 g/mol. The lowest BCUT2D eigenvalue weighted by Crippen LogP contribution is -2.57. The maximum atomic E-state index is 13.7. The van der Waals surface area contributed by atoms with Gasteiger partial charge in [0.2, 0.25) is 11.8 Å². The van der Waals surface area contributed by atoms with Crippen LogP contribution in [0, 0.1) is 11.3 Å². The Morgan fingerprint density at radius 3 is 2.20 bits per heavy atom. The molecule has 0 saturated carbocycles. The Balaban J connectivity index is 1.60. The Labute approximate surface area is 240 Å². The fourth-order valence-electron chi connectivity index (χ4n) is 4.88. The number of amides is 2. The number of morpholine rings is 1. The molecule has 0 aromatic heterocycles. The number of ether oxygens (including phenoxy) is 1. The Morgan fingerprint density at radius 1 is 0.950 bits per heavy atom. The topological polar surface area (TPSA) is 91.9 Å². The normalized spacial score (nSPS) is 16.6. The van der Waals surface area contributed by atoms with Crippen LogP contribution in [0.4, 0.5) is 0 Å². The van der Waals surface area contributed by atoms with E-state index in [1.165, 1.54) is 5.56 Å². The summed E-state index contributed by atoms with van der Waals surface area (Å²) >= 11 is 0. The molecule has 0 unspecified atom stereocenters. The number of nitrogens with zero attached hydrogens (tertiary/aromatic N) is 1. The molecule has 0 bridgehead atoms. The first-order valence-corrected chi connectivity index (χ1v) is 14.6. The van der Waals surface area contributed by atoms with Crippen LogP contribution in [-0.4, -0.2) is 68.2 Å². The lowest BCUT2D eigenvalue weighted by atomic mass is 9.85. The number of aryl methyl sites for hydroxylation is 1. The zero-order valence-corrected chi connectivity index (χ0v) is 24.7. The molecule has 8 nitrogen and oxygen atoms in total. The van der Waals surface area contributed by atoms with Crippen molar-refractivity contribution in [2.24, 2.45) is 11.3 Å². The van der Waals surface area contributed by atoms with E-state index in [4.69, 9.17) is 9.57 Å². The summed E-state index contributed by atoms with van der Waals surface area (Å²) in [5.41, 5.74) is 4.94. The zero-order chi connectivity index (χ0) is 28.8. The molecule has 0 spiro atoms. The molecule has 1 heterocycles. The van der Waals surface area contributed by atoms with Gasteiger partial charge in [0, 0.05) is 32.2 Å². The molecule has 8 heteroatoms. The molecule has 3 rings (SSSR count). The van der Waals surface area contributed by atoms with E-state index in [0.29, 0.717) is 19.6 Å². The minimum Gasteiger partial charge on any atom is -0.379 e. The van der Waals surface area contributed by atoms with E-state index in [1.807, 2.05) is 76.2 Å². The number of nitrogens with one attached hydrogen (secondary N) is 3. The van der Waals surface area contributed by atoms with E-state index >= 15 is 0 Å². The van der Waals surface area contributed by atoms with Crippen LogP contribution in [-0.2, 0) is 32.2 Å². The summed E-state index contributed by atoms with van der Waals surface area (Å²) < 4.78 is 5.40. The maximum absolute atomic E-state index is 13.7. The second-order valence-electron chi connectivity index (χ2n) is 11.7. The summed E-state index contributed by atoms with van der Waals surface area (Å²) in [5, 5.41) is 6.15. The Bertz CT molecular complexity index is 1010.